The number of carbonyl (C=O) groups is 2. The SMILES string of the molecule is CC1Sc2ccc(C(=O)Nc3ccnn3Cc3cccc(Cl)c3Cl)cc2NC1=O. The molecular formula is C20H16Cl2N4O2S. The van der Waals surface area contributed by atoms with Crippen LogP contribution in [0.3, 0.4) is 0 Å². The Kier molecular flexibility index (Phi) is 5.54. The van der Waals surface area contributed by atoms with E-state index >= 15 is 0 Å². The first-order valence-corrected chi connectivity index (χ1v) is 10.4. The Bertz CT molecular complexity index is 1120. The molecule has 2 aromatic carbocycles. The summed E-state index contributed by atoms with van der Waals surface area (Å²) in [5.41, 5.74) is 1.87. The predicted molar refractivity (Wildman–Crippen MR) is 116 cm³/mol. The zero-order chi connectivity index (χ0) is 20.5. The molecule has 1 aliphatic heterocycles. The zero-order valence-electron chi connectivity index (χ0n) is 15.3. The van der Waals surface area contributed by atoms with Gasteiger partial charge in [-0.25, -0.2) is 4.68 Å². The summed E-state index contributed by atoms with van der Waals surface area (Å²) < 4.78 is 1.63. The van der Waals surface area contributed by atoms with Gasteiger partial charge >= 0.3 is 0 Å². The minimum atomic E-state index is -0.301. The van der Waals surface area contributed by atoms with Crippen molar-refractivity contribution in [3.05, 3.63) is 69.8 Å². The molecule has 4 rings (SSSR count). The fraction of sp³-hybridized carbons (Fsp3) is 0.150. The molecule has 148 valence electrons. The van der Waals surface area contributed by atoms with E-state index in [2.05, 4.69) is 15.7 Å². The Labute approximate surface area is 181 Å². The van der Waals surface area contributed by atoms with Crippen LogP contribution in [0.1, 0.15) is 22.8 Å². The maximum absolute atomic E-state index is 12.8. The summed E-state index contributed by atoms with van der Waals surface area (Å²) in [5, 5.41) is 10.7. The monoisotopic (exact) mass is 446 g/mol. The summed E-state index contributed by atoms with van der Waals surface area (Å²) in [5.74, 6) is 0.150. The van der Waals surface area contributed by atoms with E-state index in [0.29, 0.717) is 33.7 Å². The van der Waals surface area contributed by atoms with Crippen molar-refractivity contribution in [2.45, 2.75) is 23.6 Å². The fourth-order valence-electron chi connectivity index (χ4n) is 2.94. The lowest BCUT2D eigenvalue weighted by Gasteiger charge is -2.21. The molecule has 3 aromatic rings. The fourth-order valence-corrected chi connectivity index (χ4v) is 4.25. The van der Waals surface area contributed by atoms with Crippen molar-refractivity contribution in [2.24, 2.45) is 0 Å². The highest BCUT2D eigenvalue weighted by molar-refractivity contribution is 8.00. The topological polar surface area (TPSA) is 76.0 Å². The highest BCUT2D eigenvalue weighted by Gasteiger charge is 2.24. The number of hydrogen-bond acceptors (Lipinski definition) is 4. The van der Waals surface area contributed by atoms with E-state index in [0.717, 1.165) is 10.5 Å². The largest absolute Gasteiger partial charge is 0.324 e. The third-order valence-electron chi connectivity index (χ3n) is 4.48. The quantitative estimate of drug-likeness (QED) is 0.595. The van der Waals surface area contributed by atoms with E-state index in [4.69, 9.17) is 23.2 Å². The highest BCUT2D eigenvalue weighted by Crippen LogP contribution is 2.36. The number of nitrogens with zero attached hydrogens (tertiary/aromatic N) is 2. The molecule has 0 bridgehead atoms. The third-order valence-corrected chi connectivity index (χ3v) is 6.52. The molecule has 0 spiro atoms. The number of benzene rings is 2. The van der Waals surface area contributed by atoms with E-state index in [1.54, 1.807) is 35.1 Å². The lowest BCUT2D eigenvalue weighted by Crippen LogP contribution is -2.26. The van der Waals surface area contributed by atoms with Gasteiger partial charge in [0.15, 0.2) is 0 Å². The van der Waals surface area contributed by atoms with Gasteiger partial charge in [0, 0.05) is 16.5 Å². The number of rotatable bonds is 4. The molecule has 0 saturated carbocycles. The Morgan fingerprint density at radius 1 is 1.28 bits per heavy atom. The third kappa shape index (κ3) is 4.12. The molecule has 0 saturated heterocycles. The Morgan fingerprint density at radius 3 is 2.93 bits per heavy atom. The number of carbonyl (C=O) groups excluding carboxylic acids is 2. The summed E-state index contributed by atoms with van der Waals surface area (Å²) in [4.78, 5) is 25.6. The summed E-state index contributed by atoms with van der Waals surface area (Å²) in [6.07, 6.45) is 1.60. The second kappa shape index (κ2) is 8.10. The molecular weight excluding hydrogens is 431 g/mol. The van der Waals surface area contributed by atoms with Gasteiger partial charge in [-0.15, -0.1) is 11.8 Å². The van der Waals surface area contributed by atoms with Crippen LogP contribution >= 0.6 is 35.0 Å². The molecule has 29 heavy (non-hydrogen) atoms. The summed E-state index contributed by atoms with van der Waals surface area (Å²) in [6.45, 7) is 2.20. The van der Waals surface area contributed by atoms with Gasteiger partial charge in [0.2, 0.25) is 5.91 Å². The zero-order valence-corrected chi connectivity index (χ0v) is 17.6. The molecule has 2 heterocycles. The van der Waals surface area contributed by atoms with Crippen LogP contribution in [0, 0.1) is 0 Å². The van der Waals surface area contributed by atoms with E-state index in [1.165, 1.54) is 11.8 Å². The smallest absolute Gasteiger partial charge is 0.256 e. The average Bonchev–Trinajstić information content (AvgIpc) is 3.12. The number of anilines is 2. The first-order chi connectivity index (χ1) is 13.9. The lowest BCUT2D eigenvalue weighted by molar-refractivity contribution is -0.115. The molecule has 1 aromatic heterocycles. The van der Waals surface area contributed by atoms with Crippen molar-refractivity contribution in [2.75, 3.05) is 10.6 Å². The summed E-state index contributed by atoms with van der Waals surface area (Å²) in [6, 6.07) is 12.3. The van der Waals surface area contributed by atoms with Crippen LogP contribution in [0.15, 0.2) is 53.6 Å². The Hall–Kier alpha value is -2.48. The van der Waals surface area contributed by atoms with Crippen LogP contribution in [0.25, 0.3) is 0 Å². The molecule has 9 heteroatoms. The van der Waals surface area contributed by atoms with E-state index < -0.39 is 0 Å². The molecule has 0 aliphatic carbocycles. The van der Waals surface area contributed by atoms with Gasteiger partial charge in [0.25, 0.3) is 5.91 Å². The number of amides is 2. The number of hydrogen-bond donors (Lipinski definition) is 2. The van der Waals surface area contributed by atoms with Gasteiger partial charge in [-0.2, -0.15) is 5.10 Å². The minimum Gasteiger partial charge on any atom is -0.324 e. The van der Waals surface area contributed by atoms with E-state index in [-0.39, 0.29) is 17.1 Å². The number of aromatic nitrogens is 2. The summed E-state index contributed by atoms with van der Waals surface area (Å²) in [7, 11) is 0. The first kappa shape index (κ1) is 19.8. The summed E-state index contributed by atoms with van der Waals surface area (Å²) >= 11 is 13.8. The first-order valence-electron chi connectivity index (χ1n) is 8.80. The van der Waals surface area contributed by atoms with Crippen molar-refractivity contribution in [1.29, 1.82) is 0 Å². The van der Waals surface area contributed by atoms with Crippen LogP contribution in [0.2, 0.25) is 10.0 Å². The number of thioether (sulfide) groups is 1. The van der Waals surface area contributed by atoms with Crippen molar-refractivity contribution in [1.82, 2.24) is 9.78 Å². The van der Waals surface area contributed by atoms with Crippen molar-refractivity contribution < 1.29 is 9.59 Å². The minimum absolute atomic E-state index is 0.0727. The molecule has 1 atom stereocenters. The van der Waals surface area contributed by atoms with Gasteiger partial charge in [-0.3, -0.25) is 9.59 Å². The van der Waals surface area contributed by atoms with E-state index in [9.17, 15) is 9.59 Å². The van der Waals surface area contributed by atoms with Crippen molar-refractivity contribution in [3.8, 4) is 0 Å². The molecule has 2 N–H and O–H groups in total. The number of halogens is 2. The van der Waals surface area contributed by atoms with Gasteiger partial charge in [-0.05, 0) is 36.8 Å². The predicted octanol–water partition coefficient (Wildman–Crippen LogP) is 4.92. The normalized spacial score (nSPS) is 15.6. The molecule has 1 aliphatic rings. The van der Waals surface area contributed by atoms with Crippen molar-refractivity contribution in [3.63, 3.8) is 0 Å². The van der Waals surface area contributed by atoms with Crippen molar-refractivity contribution >= 4 is 58.3 Å². The maximum atomic E-state index is 12.8. The second-order valence-corrected chi connectivity index (χ2v) is 8.67. The van der Waals surface area contributed by atoms with Gasteiger partial charge in [0.05, 0.1) is 33.7 Å². The van der Waals surface area contributed by atoms with Crippen LogP contribution in [0.4, 0.5) is 11.5 Å². The Morgan fingerprint density at radius 2 is 2.10 bits per heavy atom. The number of fused-ring (bicyclic) bond motifs is 1. The van der Waals surface area contributed by atoms with E-state index in [1.807, 2.05) is 25.1 Å². The van der Waals surface area contributed by atoms with Crippen LogP contribution in [-0.4, -0.2) is 26.8 Å². The Balaban J connectivity index is 1.53. The lowest BCUT2D eigenvalue weighted by atomic mass is 10.1. The molecule has 0 fully saturated rings. The second-order valence-electron chi connectivity index (χ2n) is 6.50. The molecule has 2 amide bonds. The van der Waals surface area contributed by atoms with Gasteiger partial charge in [0.1, 0.15) is 5.82 Å². The maximum Gasteiger partial charge on any atom is 0.256 e. The number of nitrogens with one attached hydrogen (secondary N) is 2. The molecule has 0 radical (unpaired) electrons. The molecule has 6 nitrogen and oxygen atoms in total. The average molecular weight is 447 g/mol. The standard InChI is InChI=1S/C20H16Cl2N4O2S/c1-11-19(27)24-15-9-12(5-6-16(15)29-11)20(28)25-17-7-8-23-26(17)10-13-3-2-4-14(21)18(13)22/h2-9,11H,10H2,1H3,(H,24,27)(H,25,28). The van der Waals surface area contributed by atoms with Gasteiger partial charge in [-0.1, -0.05) is 35.3 Å². The van der Waals surface area contributed by atoms with Gasteiger partial charge < -0.3 is 10.6 Å². The molecule has 1 unspecified atom stereocenters. The van der Waals surface area contributed by atoms with Crippen LogP contribution in [-0.2, 0) is 11.3 Å². The van der Waals surface area contributed by atoms with Crippen LogP contribution in [0.5, 0.6) is 0 Å². The van der Waals surface area contributed by atoms with Crippen LogP contribution < -0.4 is 10.6 Å². The highest BCUT2D eigenvalue weighted by atomic mass is 35.5.